The van der Waals surface area contributed by atoms with E-state index in [1.54, 1.807) is 0 Å². The molecule has 1 fully saturated rings. The molecule has 1 nitrogen and oxygen atoms in total. The fourth-order valence-electron chi connectivity index (χ4n) is 3.14. The van der Waals surface area contributed by atoms with Crippen molar-refractivity contribution in [2.24, 2.45) is 0 Å². The van der Waals surface area contributed by atoms with Crippen LogP contribution in [0.1, 0.15) is 31.2 Å². The van der Waals surface area contributed by atoms with Gasteiger partial charge >= 0.3 is 0 Å². The molecule has 0 N–H and O–H groups in total. The summed E-state index contributed by atoms with van der Waals surface area (Å²) in [6.45, 7) is 2.27. The average Bonchev–Trinajstić information content (AvgIpc) is 3.08. The Bertz CT molecular complexity index is 530. The summed E-state index contributed by atoms with van der Waals surface area (Å²) in [6, 6.07) is 9.59. The van der Waals surface area contributed by atoms with E-state index in [9.17, 15) is 0 Å². The summed E-state index contributed by atoms with van der Waals surface area (Å²) in [5.41, 5.74) is 1.51. The lowest BCUT2D eigenvalue weighted by Gasteiger charge is -2.28. The third-order valence-corrected chi connectivity index (χ3v) is 5.51. The summed E-state index contributed by atoms with van der Waals surface area (Å²) in [5.74, 6) is 0. The van der Waals surface area contributed by atoms with Crippen molar-refractivity contribution in [3.05, 3.63) is 35.2 Å². The number of fused-ring (bicyclic) bond motifs is 1. The predicted molar refractivity (Wildman–Crippen MR) is 88.3 cm³/mol. The zero-order valence-electron chi connectivity index (χ0n) is 11.1. The zero-order valence-corrected chi connectivity index (χ0v) is 13.5. The normalized spacial score (nSPS) is 16.7. The molecule has 1 aliphatic rings. The first-order valence-corrected chi connectivity index (χ1v) is 9.13. The Morgan fingerprint density at radius 2 is 2.00 bits per heavy atom. The molecule has 1 saturated carbocycles. The van der Waals surface area contributed by atoms with E-state index >= 15 is 0 Å². The van der Waals surface area contributed by atoms with Gasteiger partial charge in [-0.15, -0.1) is 11.3 Å². The van der Waals surface area contributed by atoms with Crippen LogP contribution in [0.4, 0.5) is 0 Å². The molecule has 3 rings (SSSR count). The van der Waals surface area contributed by atoms with Gasteiger partial charge in [0.25, 0.3) is 0 Å². The van der Waals surface area contributed by atoms with Crippen LogP contribution in [0.3, 0.4) is 0 Å². The molecule has 1 aromatic heterocycles. The van der Waals surface area contributed by atoms with Crippen molar-refractivity contribution >= 4 is 37.4 Å². The molecule has 0 amide bonds. The van der Waals surface area contributed by atoms with Crippen molar-refractivity contribution in [1.82, 2.24) is 4.90 Å². The highest BCUT2D eigenvalue weighted by atomic mass is 79.9. The van der Waals surface area contributed by atoms with Crippen LogP contribution < -0.4 is 0 Å². The Balaban J connectivity index is 1.80. The molecule has 0 spiro atoms. The van der Waals surface area contributed by atoms with E-state index in [1.807, 2.05) is 11.3 Å². The van der Waals surface area contributed by atoms with Crippen molar-refractivity contribution in [3.63, 3.8) is 0 Å². The third kappa shape index (κ3) is 3.04. The van der Waals surface area contributed by atoms with Crippen LogP contribution in [0.5, 0.6) is 0 Å². The van der Waals surface area contributed by atoms with Crippen molar-refractivity contribution in [2.75, 3.05) is 11.9 Å². The van der Waals surface area contributed by atoms with Crippen LogP contribution in [0.2, 0.25) is 0 Å². The smallest absolute Gasteiger partial charge is 0.0346 e. The van der Waals surface area contributed by atoms with Gasteiger partial charge in [-0.2, -0.15) is 0 Å². The van der Waals surface area contributed by atoms with Crippen LogP contribution in [0.25, 0.3) is 10.1 Å². The summed E-state index contributed by atoms with van der Waals surface area (Å²) in [6.07, 6.45) is 5.59. The Labute approximate surface area is 127 Å². The number of halogens is 1. The minimum atomic E-state index is 0.802. The summed E-state index contributed by atoms with van der Waals surface area (Å²) in [5, 5.41) is 4.87. The average molecular weight is 338 g/mol. The molecule has 19 heavy (non-hydrogen) atoms. The summed E-state index contributed by atoms with van der Waals surface area (Å²) in [7, 11) is 0. The number of benzene rings is 1. The third-order valence-electron chi connectivity index (χ3n) is 4.15. The molecule has 3 heteroatoms. The lowest BCUT2D eigenvalue weighted by Crippen LogP contribution is -2.34. The molecule has 0 atom stereocenters. The fraction of sp³-hybridized carbons (Fsp3) is 0.500. The maximum Gasteiger partial charge on any atom is 0.0346 e. The standard InChI is InChI=1S/C16H20BrNS/c17-9-10-18(14-5-1-2-6-14)11-13-12-19-16-8-4-3-7-15(13)16/h3-4,7-8,12,14H,1-2,5-6,9-11H2. The van der Waals surface area contributed by atoms with Gasteiger partial charge in [0.2, 0.25) is 0 Å². The second kappa shape index (κ2) is 6.38. The second-order valence-corrected chi connectivity index (χ2v) is 7.06. The first-order chi connectivity index (χ1) is 9.38. The molecule has 0 unspecified atom stereocenters. The molecule has 0 aliphatic heterocycles. The summed E-state index contributed by atoms with van der Waals surface area (Å²) < 4.78 is 1.42. The van der Waals surface area contributed by atoms with E-state index in [0.29, 0.717) is 0 Å². The number of nitrogens with zero attached hydrogens (tertiary/aromatic N) is 1. The van der Waals surface area contributed by atoms with Crippen LogP contribution in [0.15, 0.2) is 29.6 Å². The van der Waals surface area contributed by atoms with Crippen LogP contribution in [-0.4, -0.2) is 22.8 Å². The zero-order chi connectivity index (χ0) is 13.1. The highest BCUT2D eigenvalue weighted by Crippen LogP contribution is 2.30. The van der Waals surface area contributed by atoms with E-state index in [0.717, 1.165) is 24.5 Å². The molecule has 1 aromatic carbocycles. The molecular weight excluding hydrogens is 318 g/mol. The van der Waals surface area contributed by atoms with E-state index < -0.39 is 0 Å². The number of hydrogen-bond acceptors (Lipinski definition) is 2. The van der Waals surface area contributed by atoms with E-state index in [2.05, 4.69) is 50.5 Å². The monoisotopic (exact) mass is 337 g/mol. The van der Waals surface area contributed by atoms with Crippen molar-refractivity contribution in [1.29, 1.82) is 0 Å². The van der Waals surface area contributed by atoms with Gasteiger partial charge in [-0.3, -0.25) is 4.90 Å². The molecule has 0 radical (unpaired) electrons. The molecule has 2 aromatic rings. The Morgan fingerprint density at radius 3 is 2.79 bits per heavy atom. The summed E-state index contributed by atoms with van der Waals surface area (Å²) >= 11 is 5.49. The van der Waals surface area contributed by atoms with Crippen LogP contribution >= 0.6 is 27.3 Å². The lowest BCUT2D eigenvalue weighted by atomic mass is 10.1. The predicted octanol–water partition coefficient (Wildman–Crippen LogP) is 5.04. The quantitative estimate of drug-likeness (QED) is 0.690. The lowest BCUT2D eigenvalue weighted by molar-refractivity contribution is 0.203. The van der Waals surface area contributed by atoms with Crippen molar-refractivity contribution in [3.8, 4) is 0 Å². The number of rotatable bonds is 5. The molecule has 102 valence electrons. The molecule has 0 bridgehead atoms. The van der Waals surface area contributed by atoms with Gasteiger partial charge < -0.3 is 0 Å². The van der Waals surface area contributed by atoms with E-state index in [4.69, 9.17) is 0 Å². The van der Waals surface area contributed by atoms with Crippen LogP contribution in [-0.2, 0) is 6.54 Å². The SMILES string of the molecule is BrCCN(Cc1csc2ccccc12)C1CCCC1. The van der Waals surface area contributed by atoms with Crippen LogP contribution in [0, 0.1) is 0 Å². The molecule has 1 aliphatic carbocycles. The largest absolute Gasteiger partial charge is 0.295 e. The number of thiophene rings is 1. The van der Waals surface area contributed by atoms with Gasteiger partial charge in [0.1, 0.15) is 0 Å². The van der Waals surface area contributed by atoms with Gasteiger partial charge in [0, 0.05) is 29.2 Å². The van der Waals surface area contributed by atoms with Gasteiger partial charge in [-0.25, -0.2) is 0 Å². The maximum absolute atomic E-state index is 3.61. The highest BCUT2D eigenvalue weighted by Gasteiger charge is 2.22. The topological polar surface area (TPSA) is 3.24 Å². The minimum absolute atomic E-state index is 0.802. The minimum Gasteiger partial charge on any atom is -0.295 e. The first kappa shape index (κ1) is 13.6. The molecule has 0 saturated heterocycles. The second-order valence-electron chi connectivity index (χ2n) is 5.35. The maximum atomic E-state index is 3.61. The number of alkyl halides is 1. The van der Waals surface area contributed by atoms with E-state index in [-0.39, 0.29) is 0 Å². The van der Waals surface area contributed by atoms with Gasteiger partial charge in [0.05, 0.1) is 0 Å². The summed E-state index contributed by atoms with van der Waals surface area (Å²) in [4.78, 5) is 2.68. The molecule has 1 heterocycles. The van der Waals surface area contributed by atoms with Gasteiger partial charge in [0.15, 0.2) is 0 Å². The molecular formula is C16H20BrNS. The van der Waals surface area contributed by atoms with Crippen molar-refractivity contribution in [2.45, 2.75) is 38.3 Å². The Hall–Kier alpha value is -0.380. The Kier molecular flexibility index (Phi) is 4.57. The van der Waals surface area contributed by atoms with Gasteiger partial charge in [-0.1, -0.05) is 47.0 Å². The Morgan fingerprint density at radius 1 is 1.21 bits per heavy atom. The number of hydrogen-bond donors (Lipinski definition) is 0. The van der Waals surface area contributed by atoms with Gasteiger partial charge in [-0.05, 0) is 35.2 Å². The van der Waals surface area contributed by atoms with Crippen molar-refractivity contribution < 1.29 is 0 Å². The van der Waals surface area contributed by atoms with E-state index in [1.165, 1.54) is 41.3 Å². The fourth-order valence-corrected chi connectivity index (χ4v) is 4.55. The first-order valence-electron chi connectivity index (χ1n) is 7.13. The highest BCUT2D eigenvalue weighted by molar-refractivity contribution is 9.09.